The average Bonchev–Trinajstić information content (AvgIpc) is 2.45. The van der Waals surface area contributed by atoms with Crippen LogP contribution in [0.2, 0.25) is 10.0 Å². The maximum absolute atomic E-state index is 11.7. The fourth-order valence-corrected chi connectivity index (χ4v) is 2.07. The first kappa shape index (κ1) is 16.4. The number of carbonyl (C=O) groups is 2. The molecular weight excluding hydrogens is 331 g/mol. The quantitative estimate of drug-likeness (QED) is 0.577. The van der Waals surface area contributed by atoms with Crippen LogP contribution in [0.4, 0.5) is 15.3 Å². The molecule has 0 saturated carbocycles. The van der Waals surface area contributed by atoms with Crippen LogP contribution in [0.3, 0.4) is 0 Å². The number of benzene rings is 1. The smallest absolute Gasteiger partial charge is 0.321 e. The molecule has 0 fully saturated rings. The van der Waals surface area contributed by atoms with Crippen LogP contribution >= 0.6 is 23.2 Å². The molecule has 1 aliphatic heterocycles. The van der Waals surface area contributed by atoms with Crippen LogP contribution in [-0.4, -0.2) is 29.9 Å². The third kappa shape index (κ3) is 4.52. The molecule has 1 aromatic carbocycles. The molecule has 118 valence electrons. The minimum atomic E-state index is -1.05. The van der Waals surface area contributed by atoms with Gasteiger partial charge in [0.25, 0.3) is 0 Å². The van der Waals surface area contributed by atoms with Crippen molar-refractivity contribution in [1.82, 2.24) is 16.0 Å². The Balaban J connectivity index is 1.78. The highest BCUT2D eigenvalue weighted by molar-refractivity contribution is 6.42. The third-order valence-corrected chi connectivity index (χ3v) is 3.62. The zero-order valence-corrected chi connectivity index (χ0v) is 12.8. The van der Waals surface area contributed by atoms with E-state index in [0.717, 1.165) is 0 Å². The predicted molar refractivity (Wildman–Crippen MR) is 83.9 cm³/mol. The lowest BCUT2D eigenvalue weighted by atomic mass is 10.1. The number of anilines is 1. The Bertz CT molecular complexity index is 621. The van der Waals surface area contributed by atoms with Crippen molar-refractivity contribution in [2.24, 2.45) is 0 Å². The molecule has 5 N–H and O–H groups in total. The summed E-state index contributed by atoms with van der Waals surface area (Å²) in [6.45, 7) is 0.285. The van der Waals surface area contributed by atoms with Crippen molar-refractivity contribution < 1.29 is 14.7 Å². The molecule has 1 heterocycles. The lowest BCUT2D eigenvalue weighted by Gasteiger charge is -2.21. The molecule has 0 bridgehead atoms. The second-order valence-corrected chi connectivity index (χ2v) is 5.31. The van der Waals surface area contributed by atoms with Crippen LogP contribution in [0, 0.1) is 0 Å². The minimum Gasteiger partial charge on any atom is -0.370 e. The van der Waals surface area contributed by atoms with Crippen LogP contribution in [0.15, 0.2) is 30.0 Å². The van der Waals surface area contributed by atoms with E-state index in [-0.39, 0.29) is 6.54 Å². The predicted octanol–water partition coefficient (Wildman–Crippen LogP) is 2.02. The zero-order chi connectivity index (χ0) is 16.1. The maximum Gasteiger partial charge on any atom is 0.321 e. The van der Waals surface area contributed by atoms with E-state index in [0.29, 0.717) is 27.7 Å². The molecule has 2 rings (SSSR count). The Morgan fingerprint density at radius 2 is 2.09 bits per heavy atom. The largest absolute Gasteiger partial charge is 0.370 e. The van der Waals surface area contributed by atoms with Gasteiger partial charge in [0, 0.05) is 18.4 Å². The Kier molecular flexibility index (Phi) is 5.48. The van der Waals surface area contributed by atoms with Crippen molar-refractivity contribution >= 4 is 41.0 Å². The Labute approximate surface area is 136 Å². The van der Waals surface area contributed by atoms with Crippen molar-refractivity contribution in [3.8, 4) is 0 Å². The van der Waals surface area contributed by atoms with E-state index in [9.17, 15) is 14.7 Å². The molecule has 1 unspecified atom stereocenters. The SMILES string of the molecule is O=C(NCCC1=CNC(=O)NC1O)Nc1ccc(Cl)c(Cl)c1. The number of aliphatic hydroxyl groups excluding tert-OH is 1. The Morgan fingerprint density at radius 3 is 2.77 bits per heavy atom. The van der Waals surface area contributed by atoms with Gasteiger partial charge >= 0.3 is 12.1 Å². The number of urea groups is 2. The highest BCUT2D eigenvalue weighted by Crippen LogP contribution is 2.24. The number of amides is 4. The van der Waals surface area contributed by atoms with Gasteiger partial charge in [-0.1, -0.05) is 23.2 Å². The van der Waals surface area contributed by atoms with E-state index in [4.69, 9.17) is 23.2 Å². The van der Waals surface area contributed by atoms with Gasteiger partial charge in [-0.15, -0.1) is 0 Å². The molecule has 0 aliphatic carbocycles. The van der Waals surface area contributed by atoms with Gasteiger partial charge in [0.1, 0.15) is 0 Å². The first-order valence-corrected chi connectivity index (χ1v) is 7.15. The van der Waals surface area contributed by atoms with Gasteiger partial charge in [-0.05, 0) is 30.2 Å². The topological polar surface area (TPSA) is 102 Å². The molecule has 0 radical (unpaired) electrons. The van der Waals surface area contributed by atoms with E-state index in [2.05, 4.69) is 21.3 Å². The summed E-state index contributed by atoms with van der Waals surface area (Å²) in [6, 6.07) is 3.86. The molecule has 22 heavy (non-hydrogen) atoms. The molecular formula is C13H14Cl2N4O3. The van der Waals surface area contributed by atoms with E-state index >= 15 is 0 Å². The number of hydrogen-bond acceptors (Lipinski definition) is 3. The Morgan fingerprint density at radius 1 is 1.32 bits per heavy atom. The van der Waals surface area contributed by atoms with Crippen LogP contribution in [0.25, 0.3) is 0 Å². The molecule has 0 saturated heterocycles. The minimum absolute atomic E-state index is 0.285. The summed E-state index contributed by atoms with van der Waals surface area (Å²) in [7, 11) is 0. The maximum atomic E-state index is 11.7. The van der Waals surface area contributed by atoms with Gasteiger partial charge in [-0.25, -0.2) is 9.59 Å². The average molecular weight is 345 g/mol. The number of carbonyl (C=O) groups excluding carboxylic acids is 2. The first-order chi connectivity index (χ1) is 10.5. The Hall–Kier alpha value is -1.96. The lowest BCUT2D eigenvalue weighted by molar-refractivity contribution is 0.161. The number of aliphatic hydroxyl groups is 1. The van der Waals surface area contributed by atoms with Crippen molar-refractivity contribution in [2.45, 2.75) is 12.6 Å². The van der Waals surface area contributed by atoms with Crippen LogP contribution < -0.4 is 21.3 Å². The second-order valence-electron chi connectivity index (χ2n) is 4.50. The van der Waals surface area contributed by atoms with Gasteiger partial charge < -0.3 is 26.4 Å². The molecule has 1 aromatic rings. The van der Waals surface area contributed by atoms with E-state index < -0.39 is 18.3 Å². The van der Waals surface area contributed by atoms with Crippen molar-refractivity contribution in [2.75, 3.05) is 11.9 Å². The van der Waals surface area contributed by atoms with Crippen molar-refractivity contribution in [3.63, 3.8) is 0 Å². The number of nitrogens with one attached hydrogen (secondary N) is 4. The van der Waals surface area contributed by atoms with E-state index in [1.165, 1.54) is 12.3 Å². The van der Waals surface area contributed by atoms with Gasteiger partial charge in [0.2, 0.25) is 0 Å². The summed E-state index contributed by atoms with van der Waals surface area (Å²) < 4.78 is 0. The molecule has 0 aromatic heterocycles. The van der Waals surface area contributed by atoms with Crippen molar-refractivity contribution in [1.29, 1.82) is 0 Å². The highest BCUT2D eigenvalue weighted by atomic mass is 35.5. The van der Waals surface area contributed by atoms with Gasteiger partial charge in [-0.3, -0.25) is 0 Å². The molecule has 4 amide bonds. The van der Waals surface area contributed by atoms with Gasteiger partial charge in [-0.2, -0.15) is 0 Å². The highest BCUT2D eigenvalue weighted by Gasteiger charge is 2.18. The standard InChI is InChI=1S/C13H14Cl2N4O3/c14-9-2-1-8(5-10(9)15)18-12(21)16-4-3-7-6-17-13(22)19-11(7)20/h1-2,5-6,11,20H,3-4H2,(H2,16,18,21)(H2,17,19,22). The summed E-state index contributed by atoms with van der Waals surface area (Å²) in [5.74, 6) is 0. The fraction of sp³-hybridized carbons (Fsp3) is 0.231. The van der Waals surface area contributed by atoms with E-state index in [1.807, 2.05) is 0 Å². The lowest BCUT2D eigenvalue weighted by Crippen LogP contribution is -2.46. The fourth-order valence-electron chi connectivity index (χ4n) is 1.77. The van der Waals surface area contributed by atoms with Crippen LogP contribution in [0.1, 0.15) is 6.42 Å². The monoisotopic (exact) mass is 344 g/mol. The summed E-state index contributed by atoms with van der Waals surface area (Å²) in [5.41, 5.74) is 1.08. The zero-order valence-electron chi connectivity index (χ0n) is 11.3. The van der Waals surface area contributed by atoms with Crippen LogP contribution in [-0.2, 0) is 0 Å². The molecule has 0 spiro atoms. The van der Waals surface area contributed by atoms with Gasteiger partial charge in [0.15, 0.2) is 6.23 Å². The number of hydrogen-bond donors (Lipinski definition) is 5. The molecule has 9 heteroatoms. The summed E-state index contributed by atoms with van der Waals surface area (Å²) in [4.78, 5) is 22.6. The second kappa shape index (κ2) is 7.35. The van der Waals surface area contributed by atoms with Gasteiger partial charge in [0.05, 0.1) is 10.0 Å². The summed E-state index contributed by atoms with van der Waals surface area (Å²) in [6.07, 6.45) is 0.749. The molecule has 7 nitrogen and oxygen atoms in total. The summed E-state index contributed by atoms with van der Waals surface area (Å²) in [5, 5.41) is 20.3. The summed E-state index contributed by atoms with van der Waals surface area (Å²) >= 11 is 11.6. The normalized spacial score (nSPS) is 17.1. The number of rotatable bonds is 4. The molecule has 1 aliphatic rings. The van der Waals surface area contributed by atoms with Crippen LogP contribution in [0.5, 0.6) is 0 Å². The first-order valence-electron chi connectivity index (χ1n) is 6.39. The third-order valence-electron chi connectivity index (χ3n) is 2.88. The molecule has 1 atom stereocenters. The van der Waals surface area contributed by atoms with Crippen molar-refractivity contribution in [3.05, 3.63) is 40.0 Å². The number of halogens is 2. The van der Waals surface area contributed by atoms with E-state index in [1.54, 1.807) is 12.1 Å².